The smallest absolute Gasteiger partial charge is 0.302 e. The summed E-state index contributed by atoms with van der Waals surface area (Å²) in [6, 6.07) is 0. The van der Waals surface area contributed by atoms with E-state index in [9.17, 15) is 18.1 Å². The van der Waals surface area contributed by atoms with Crippen molar-refractivity contribution < 1.29 is 18.1 Å². The third kappa shape index (κ3) is 3.42. The number of aliphatic hydroxyl groups is 1. The van der Waals surface area contributed by atoms with E-state index in [4.69, 9.17) is 11.6 Å². The van der Waals surface area contributed by atoms with Gasteiger partial charge in [-0.05, 0) is 32.1 Å². The molecular weight excluding hydrogens is 474 g/mol. The molecule has 12 heteroatoms. The van der Waals surface area contributed by atoms with Crippen molar-refractivity contribution >= 4 is 34.2 Å². The number of fused-ring (bicyclic) bond motifs is 1. The molecule has 0 bridgehead atoms. The van der Waals surface area contributed by atoms with E-state index < -0.39 is 33.7 Å². The average Bonchev–Trinajstić information content (AvgIpc) is 2.92. The molecule has 2 N–H and O–H groups in total. The fourth-order valence-corrected chi connectivity index (χ4v) is 6.91. The van der Waals surface area contributed by atoms with Crippen LogP contribution in [0.5, 0.6) is 0 Å². The van der Waals surface area contributed by atoms with Gasteiger partial charge in [-0.1, -0.05) is 11.6 Å². The Labute approximate surface area is 196 Å². The topological polar surface area (TPSA) is 104 Å². The fourth-order valence-electron chi connectivity index (χ4n) is 5.48. The number of rotatable bonds is 5. The van der Waals surface area contributed by atoms with E-state index in [-0.39, 0.29) is 34.6 Å². The third-order valence-corrected chi connectivity index (χ3v) is 9.10. The standard InChI is InChI=1S/C21H23ClF2N6O2S/c22-13-6-25-16(26-7-13)12-4-19(5-12)8-30(9-19)18-27-15-14(33(32)11-21(15,23)24)17(28-18)29-20(10-31)2-1-3-20/h6-7,12,31H,1-5,8-11H2,(H,27,28,29). The predicted molar refractivity (Wildman–Crippen MR) is 118 cm³/mol. The van der Waals surface area contributed by atoms with Gasteiger partial charge in [0.2, 0.25) is 5.95 Å². The van der Waals surface area contributed by atoms with Crippen molar-refractivity contribution in [3.63, 3.8) is 0 Å². The number of nitrogens with one attached hydrogen (secondary N) is 1. The molecule has 2 saturated carbocycles. The number of halogens is 3. The van der Waals surface area contributed by atoms with Crippen LogP contribution in [0.15, 0.2) is 17.3 Å². The molecule has 0 amide bonds. The highest BCUT2D eigenvalue weighted by atomic mass is 35.5. The Balaban J connectivity index is 1.23. The quantitative estimate of drug-likeness (QED) is 0.651. The molecule has 6 rings (SSSR count). The maximum absolute atomic E-state index is 14.6. The summed E-state index contributed by atoms with van der Waals surface area (Å²) in [7, 11) is -1.89. The van der Waals surface area contributed by atoms with Gasteiger partial charge in [0.15, 0.2) is 0 Å². The van der Waals surface area contributed by atoms with Crippen molar-refractivity contribution in [2.75, 3.05) is 35.7 Å². The second-order valence-corrected chi connectivity index (χ2v) is 11.7. The van der Waals surface area contributed by atoms with Crippen LogP contribution in [0.25, 0.3) is 0 Å². The molecule has 1 unspecified atom stereocenters. The maximum Gasteiger partial charge on any atom is 0.302 e. The van der Waals surface area contributed by atoms with Gasteiger partial charge < -0.3 is 15.3 Å². The van der Waals surface area contributed by atoms with Crippen LogP contribution in [0.4, 0.5) is 20.5 Å². The molecule has 1 saturated heterocycles. The number of nitrogens with zero attached hydrogens (tertiary/aromatic N) is 5. The number of aromatic nitrogens is 4. The van der Waals surface area contributed by atoms with Crippen molar-refractivity contribution in [3.05, 3.63) is 28.9 Å². The number of alkyl halides is 2. The fraction of sp³-hybridized carbons (Fsp3) is 0.619. The van der Waals surface area contributed by atoms with E-state index in [0.29, 0.717) is 31.0 Å². The Morgan fingerprint density at radius 2 is 1.91 bits per heavy atom. The zero-order chi connectivity index (χ0) is 23.0. The van der Waals surface area contributed by atoms with Crippen LogP contribution >= 0.6 is 11.6 Å². The van der Waals surface area contributed by atoms with E-state index >= 15 is 0 Å². The van der Waals surface area contributed by atoms with Crippen LogP contribution in [0.1, 0.15) is 49.5 Å². The van der Waals surface area contributed by atoms with Crippen LogP contribution in [0.2, 0.25) is 5.02 Å². The van der Waals surface area contributed by atoms with Crippen LogP contribution in [0.3, 0.4) is 0 Å². The lowest BCUT2D eigenvalue weighted by atomic mass is 9.57. The minimum absolute atomic E-state index is 0.0256. The molecule has 4 aliphatic rings. The van der Waals surface area contributed by atoms with E-state index in [1.54, 1.807) is 12.4 Å². The van der Waals surface area contributed by atoms with Crippen molar-refractivity contribution in [1.82, 2.24) is 19.9 Å². The molecule has 2 aliphatic carbocycles. The van der Waals surface area contributed by atoms with Gasteiger partial charge in [0, 0.05) is 36.8 Å². The summed E-state index contributed by atoms with van der Waals surface area (Å²) in [5.74, 6) is -2.62. The maximum atomic E-state index is 14.6. The van der Waals surface area contributed by atoms with Crippen molar-refractivity contribution in [3.8, 4) is 0 Å². The Morgan fingerprint density at radius 3 is 2.52 bits per heavy atom. The molecule has 0 aromatic carbocycles. The van der Waals surface area contributed by atoms with E-state index in [1.165, 1.54) is 0 Å². The van der Waals surface area contributed by atoms with Crippen LogP contribution in [-0.2, 0) is 16.7 Å². The van der Waals surface area contributed by atoms with Crippen LogP contribution < -0.4 is 10.2 Å². The largest absolute Gasteiger partial charge is 0.394 e. The summed E-state index contributed by atoms with van der Waals surface area (Å²) in [5, 5.41) is 13.5. The molecule has 4 heterocycles. The SMILES string of the molecule is O=S1CC(F)(F)c2nc(N3CC4(CC(c5ncc(Cl)cn5)C4)C3)nc(NC3(CO)CCC3)c21. The Bertz CT molecular complexity index is 1130. The Kier molecular flexibility index (Phi) is 4.74. The third-order valence-electron chi connectivity index (χ3n) is 7.44. The molecule has 3 fully saturated rings. The van der Waals surface area contributed by atoms with Gasteiger partial charge in [-0.3, -0.25) is 4.21 Å². The van der Waals surface area contributed by atoms with Crippen molar-refractivity contribution in [1.29, 1.82) is 0 Å². The van der Waals surface area contributed by atoms with Gasteiger partial charge in [-0.15, -0.1) is 0 Å². The number of aliphatic hydroxyl groups excluding tert-OH is 1. The molecular formula is C21H23ClF2N6O2S. The molecule has 8 nitrogen and oxygen atoms in total. The van der Waals surface area contributed by atoms with E-state index in [2.05, 4.69) is 25.3 Å². The molecule has 1 spiro atoms. The molecule has 176 valence electrons. The molecule has 1 atom stereocenters. The Hall–Kier alpha value is -1.98. The van der Waals surface area contributed by atoms with Gasteiger partial charge >= 0.3 is 5.92 Å². The molecule has 2 aromatic rings. The highest BCUT2D eigenvalue weighted by Gasteiger charge is 2.55. The second-order valence-electron chi connectivity index (χ2n) is 9.88. The van der Waals surface area contributed by atoms with E-state index in [1.807, 2.05) is 4.90 Å². The first-order valence-electron chi connectivity index (χ1n) is 11.0. The van der Waals surface area contributed by atoms with Crippen molar-refractivity contribution in [2.24, 2.45) is 5.41 Å². The first kappa shape index (κ1) is 21.5. The summed E-state index contributed by atoms with van der Waals surface area (Å²) in [5.41, 5.74) is -0.977. The lowest BCUT2D eigenvalue weighted by molar-refractivity contribution is 0.0187. The summed E-state index contributed by atoms with van der Waals surface area (Å²) >= 11 is 5.87. The summed E-state index contributed by atoms with van der Waals surface area (Å²) < 4.78 is 41.8. The monoisotopic (exact) mass is 496 g/mol. The van der Waals surface area contributed by atoms with Crippen molar-refractivity contribution in [2.45, 2.75) is 54.4 Å². The highest BCUT2D eigenvalue weighted by molar-refractivity contribution is 7.85. The Morgan fingerprint density at radius 1 is 1.21 bits per heavy atom. The van der Waals surface area contributed by atoms with Gasteiger partial charge in [0.25, 0.3) is 0 Å². The molecule has 2 aromatic heterocycles. The summed E-state index contributed by atoms with van der Waals surface area (Å²) in [6.45, 7) is 1.19. The number of hydrogen-bond acceptors (Lipinski definition) is 8. The molecule has 33 heavy (non-hydrogen) atoms. The molecule has 0 radical (unpaired) electrons. The van der Waals surface area contributed by atoms with E-state index in [0.717, 1.165) is 25.1 Å². The molecule has 2 aliphatic heterocycles. The minimum atomic E-state index is -3.27. The number of anilines is 2. The first-order chi connectivity index (χ1) is 15.7. The van der Waals surface area contributed by atoms with Gasteiger partial charge in [-0.25, -0.2) is 15.0 Å². The summed E-state index contributed by atoms with van der Waals surface area (Å²) in [6.07, 6.45) is 7.37. The van der Waals surface area contributed by atoms with Crippen LogP contribution in [-0.4, -0.2) is 60.2 Å². The lowest BCUT2D eigenvalue weighted by Crippen LogP contribution is -2.62. The van der Waals surface area contributed by atoms with Gasteiger partial charge in [0.05, 0.1) is 33.7 Å². The number of hydrogen-bond donors (Lipinski definition) is 2. The predicted octanol–water partition coefficient (Wildman–Crippen LogP) is 2.84. The normalized spacial score (nSPS) is 26.3. The zero-order valence-electron chi connectivity index (χ0n) is 17.7. The average molecular weight is 497 g/mol. The second kappa shape index (κ2) is 7.26. The highest BCUT2D eigenvalue weighted by Crippen LogP contribution is 2.56. The van der Waals surface area contributed by atoms with Gasteiger partial charge in [-0.2, -0.15) is 13.8 Å². The lowest BCUT2D eigenvalue weighted by Gasteiger charge is -2.58. The first-order valence-corrected chi connectivity index (χ1v) is 12.7. The zero-order valence-corrected chi connectivity index (χ0v) is 19.3. The summed E-state index contributed by atoms with van der Waals surface area (Å²) in [4.78, 5) is 19.2. The van der Waals surface area contributed by atoms with Crippen LogP contribution in [0, 0.1) is 5.41 Å². The van der Waals surface area contributed by atoms with Gasteiger partial charge in [0.1, 0.15) is 22.2 Å². The minimum Gasteiger partial charge on any atom is -0.394 e.